The summed E-state index contributed by atoms with van der Waals surface area (Å²) < 4.78 is 25.6. The van der Waals surface area contributed by atoms with Crippen molar-refractivity contribution < 1.29 is 23.5 Å². The highest BCUT2D eigenvalue weighted by Gasteiger charge is 2.23. The molecule has 1 N–H and O–H groups in total. The molecule has 9 heteroatoms. The number of carbonyl (C=O) groups excluding carboxylic acids is 2. The Hall–Kier alpha value is -4.66. The van der Waals surface area contributed by atoms with E-state index in [4.69, 9.17) is 9.47 Å². The van der Waals surface area contributed by atoms with Gasteiger partial charge in [0.2, 0.25) is 11.9 Å². The lowest BCUT2D eigenvalue weighted by molar-refractivity contribution is -0.117. The number of anilines is 1. The average Bonchev–Trinajstić information content (AvgIpc) is 3.35. The summed E-state index contributed by atoms with van der Waals surface area (Å²) in [6.07, 6.45) is 1.82. The van der Waals surface area contributed by atoms with Crippen molar-refractivity contribution in [2.24, 2.45) is 0 Å². The molecule has 0 atom stereocenters. The molecule has 1 heterocycles. The number of halogens is 1. The highest BCUT2D eigenvalue weighted by atomic mass is 19.1. The molecule has 0 radical (unpaired) electrons. The Bertz CT molecular complexity index is 1400. The third-order valence-corrected chi connectivity index (χ3v) is 5.98. The maximum absolute atomic E-state index is 13.3. The number of benzene rings is 3. The predicted octanol–water partition coefficient (Wildman–Crippen LogP) is 5.18. The van der Waals surface area contributed by atoms with Crippen LogP contribution in [0.1, 0.15) is 24.2 Å². The van der Waals surface area contributed by atoms with Gasteiger partial charge >= 0.3 is 0 Å². The molecule has 3 aromatic carbocycles. The molecule has 4 aromatic rings. The van der Waals surface area contributed by atoms with E-state index in [0.29, 0.717) is 23.0 Å². The van der Waals surface area contributed by atoms with Crippen LogP contribution in [0, 0.1) is 5.82 Å². The molecule has 0 aliphatic heterocycles. The van der Waals surface area contributed by atoms with Crippen LogP contribution < -0.4 is 14.8 Å². The second kappa shape index (κ2) is 11.6. The monoisotopic (exact) mass is 516 g/mol. The lowest BCUT2D eigenvalue weighted by Crippen LogP contribution is -2.42. The van der Waals surface area contributed by atoms with Crippen LogP contribution in [0.25, 0.3) is 16.9 Å². The quantitative estimate of drug-likeness (QED) is 0.331. The molecule has 196 valence electrons. The number of rotatable bonds is 9. The number of amides is 2. The van der Waals surface area contributed by atoms with Gasteiger partial charge in [0.05, 0.1) is 19.9 Å². The Morgan fingerprint density at radius 3 is 2.05 bits per heavy atom. The minimum absolute atomic E-state index is 0.207. The first-order valence-corrected chi connectivity index (χ1v) is 12.0. The zero-order chi connectivity index (χ0) is 27.2. The molecule has 0 aliphatic carbocycles. The number of nitrogens with one attached hydrogen (secondary N) is 1. The summed E-state index contributed by atoms with van der Waals surface area (Å²) in [5.41, 5.74) is 2.54. The van der Waals surface area contributed by atoms with E-state index in [0.717, 1.165) is 17.0 Å². The highest BCUT2D eigenvalue weighted by Crippen LogP contribution is 2.27. The van der Waals surface area contributed by atoms with E-state index >= 15 is 0 Å². The number of hydrogen-bond acceptors (Lipinski definition) is 5. The number of aromatic nitrogens is 2. The minimum atomic E-state index is -0.437. The molecule has 0 saturated heterocycles. The molecule has 4 rings (SSSR count). The van der Waals surface area contributed by atoms with E-state index < -0.39 is 11.7 Å². The molecular formula is C29H29FN4O4. The van der Waals surface area contributed by atoms with Gasteiger partial charge in [0.1, 0.15) is 23.9 Å². The molecule has 0 unspecified atom stereocenters. The van der Waals surface area contributed by atoms with Crippen molar-refractivity contribution in [2.45, 2.75) is 19.9 Å². The first-order chi connectivity index (χ1) is 18.3. The van der Waals surface area contributed by atoms with Gasteiger partial charge in [-0.15, -0.1) is 0 Å². The van der Waals surface area contributed by atoms with Gasteiger partial charge in [-0.25, -0.2) is 9.37 Å². The zero-order valence-corrected chi connectivity index (χ0v) is 21.6. The van der Waals surface area contributed by atoms with Crippen LogP contribution in [0.15, 0.2) is 79.0 Å². The number of hydrogen-bond donors (Lipinski definition) is 1. The smallest absolute Gasteiger partial charge is 0.254 e. The van der Waals surface area contributed by atoms with Crippen LogP contribution in [-0.4, -0.2) is 53.1 Å². The van der Waals surface area contributed by atoms with Crippen molar-refractivity contribution >= 4 is 17.8 Å². The average molecular weight is 517 g/mol. The molecule has 38 heavy (non-hydrogen) atoms. The first kappa shape index (κ1) is 26.4. The van der Waals surface area contributed by atoms with Gasteiger partial charge in [-0.3, -0.25) is 19.5 Å². The molecular weight excluding hydrogens is 487 g/mol. The molecule has 0 fully saturated rings. The van der Waals surface area contributed by atoms with Gasteiger partial charge in [-0.2, -0.15) is 0 Å². The van der Waals surface area contributed by atoms with Crippen LogP contribution in [0.2, 0.25) is 0 Å². The van der Waals surface area contributed by atoms with Crippen molar-refractivity contribution in [3.8, 4) is 28.4 Å². The fourth-order valence-corrected chi connectivity index (χ4v) is 3.88. The molecule has 0 saturated carbocycles. The largest absolute Gasteiger partial charge is 0.497 e. The number of imidazole rings is 1. The summed E-state index contributed by atoms with van der Waals surface area (Å²) >= 11 is 0. The zero-order valence-electron chi connectivity index (χ0n) is 21.6. The van der Waals surface area contributed by atoms with Gasteiger partial charge in [0, 0.05) is 29.1 Å². The molecule has 8 nitrogen and oxygen atoms in total. The summed E-state index contributed by atoms with van der Waals surface area (Å²) in [6.45, 7) is 3.42. The Balaban J connectivity index is 1.62. The van der Waals surface area contributed by atoms with E-state index in [1.54, 1.807) is 18.8 Å². The van der Waals surface area contributed by atoms with Crippen molar-refractivity contribution in [1.82, 2.24) is 14.5 Å². The molecule has 1 aromatic heterocycles. The van der Waals surface area contributed by atoms with Gasteiger partial charge in [-0.05, 0) is 86.6 Å². The summed E-state index contributed by atoms with van der Waals surface area (Å²) in [4.78, 5) is 32.3. The first-order valence-electron chi connectivity index (χ1n) is 12.0. The van der Waals surface area contributed by atoms with Crippen LogP contribution in [0.3, 0.4) is 0 Å². The number of ether oxygens (including phenoxy) is 2. The van der Waals surface area contributed by atoms with Crippen molar-refractivity contribution in [3.05, 3.63) is 90.4 Å². The summed E-state index contributed by atoms with van der Waals surface area (Å²) in [6, 6.07) is 19.8. The van der Waals surface area contributed by atoms with Crippen LogP contribution >= 0.6 is 0 Å². The number of carbonyl (C=O) groups is 2. The third-order valence-electron chi connectivity index (χ3n) is 5.98. The van der Waals surface area contributed by atoms with E-state index in [2.05, 4.69) is 10.3 Å². The van der Waals surface area contributed by atoms with Crippen molar-refractivity contribution in [1.29, 1.82) is 0 Å². The third kappa shape index (κ3) is 6.00. The van der Waals surface area contributed by atoms with Crippen LogP contribution in [0.5, 0.6) is 11.5 Å². The molecule has 2 amide bonds. The van der Waals surface area contributed by atoms with Gasteiger partial charge < -0.3 is 14.4 Å². The standard InChI is InChI=1S/C29H29FN4O4/c1-19(2)33(28(36)21-5-9-22(30)10-6-21)18-27(35)32-29-31-26(20-7-13-24(37-3)14-8-20)17-34(29)23-11-15-25(38-4)16-12-23/h5-17,19H,18H2,1-4H3,(H,31,32,35). The Labute approximate surface area is 220 Å². The summed E-state index contributed by atoms with van der Waals surface area (Å²) in [5.74, 6) is 0.485. The van der Waals surface area contributed by atoms with Gasteiger partial charge in [0.25, 0.3) is 5.91 Å². The predicted molar refractivity (Wildman–Crippen MR) is 143 cm³/mol. The Morgan fingerprint density at radius 1 is 0.921 bits per heavy atom. The summed E-state index contributed by atoms with van der Waals surface area (Å²) in [7, 11) is 3.19. The summed E-state index contributed by atoms with van der Waals surface area (Å²) in [5, 5.41) is 2.85. The maximum Gasteiger partial charge on any atom is 0.254 e. The fourth-order valence-electron chi connectivity index (χ4n) is 3.88. The highest BCUT2D eigenvalue weighted by molar-refractivity contribution is 5.99. The topological polar surface area (TPSA) is 85.7 Å². The maximum atomic E-state index is 13.3. The molecule has 0 bridgehead atoms. The second-order valence-electron chi connectivity index (χ2n) is 8.83. The molecule has 0 aliphatic rings. The van der Waals surface area contributed by atoms with E-state index in [-0.39, 0.29) is 18.5 Å². The Kier molecular flexibility index (Phi) is 8.06. The second-order valence-corrected chi connectivity index (χ2v) is 8.83. The fraction of sp³-hybridized carbons (Fsp3) is 0.207. The lowest BCUT2D eigenvalue weighted by atomic mass is 10.1. The van der Waals surface area contributed by atoms with Crippen LogP contribution in [-0.2, 0) is 4.79 Å². The minimum Gasteiger partial charge on any atom is -0.497 e. The van der Waals surface area contributed by atoms with E-state index in [1.165, 1.54) is 29.2 Å². The lowest BCUT2D eigenvalue weighted by Gasteiger charge is -2.26. The van der Waals surface area contributed by atoms with Crippen molar-refractivity contribution in [3.63, 3.8) is 0 Å². The van der Waals surface area contributed by atoms with Gasteiger partial charge in [0.15, 0.2) is 0 Å². The number of nitrogens with zero attached hydrogens (tertiary/aromatic N) is 3. The normalized spacial score (nSPS) is 10.8. The van der Waals surface area contributed by atoms with E-state index in [9.17, 15) is 14.0 Å². The van der Waals surface area contributed by atoms with E-state index in [1.807, 2.05) is 68.6 Å². The Morgan fingerprint density at radius 2 is 1.50 bits per heavy atom. The van der Waals surface area contributed by atoms with Gasteiger partial charge in [-0.1, -0.05) is 0 Å². The van der Waals surface area contributed by atoms with Crippen molar-refractivity contribution in [2.75, 3.05) is 26.1 Å². The van der Waals surface area contributed by atoms with Crippen LogP contribution in [0.4, 0.5) is 10.3 Å². The number of methoxy groups -OCH3 is 2. The SMILES string of the molecule is COc1ccc(-c2cn(-c3ccc(OC)cc3)c(NC(=O)CN(C(=O)c3ccc(F)cc3)C(C)C)n2)cc1. The molecule has 0 spiro atoms.